The van der Waals surface area contributed by atoms with E-state index in [0.717, 1.165) is 70.7 Å². The number of primary amides is 1. The number of carbonyl (C=O) groups is 1. The molecule has 2 N–H and O–H groups in total. The highest BCUT2D eigenvalue weighted by molar-refractivity contribution is 5.97. The average molecular weight is 431 g/mol. The average Bonchev–Trinajstić information content (AvgIpc) is 3.33. The number of rotatable bonds is 5. The molecule has 5 rings (SSSR count). The fraction of sp³-hybridized carbons (Fsp3) is 0.320. The summed E-state index contributed by atoms with van der Waals surface area (Å²) in [7, 11) is 0. The van der Waals surface area contributed by atoms with E-state index in [2.05, 4.69) is 22.0 Å². The highest BCUT2D eigenvalue weighted by Crippen LogP contribution is 2.34. The van der Waals surface area contributed by atoms with Crippen LogP contribution in [0.15, 0.2) is 47.2 Å². The summed E-state index contributed by atoms with van der Waals surface area (Å²) in [6.07, 6.45) is 7.56. The molecule has 1 aromatic carbocycles. The Morgan fingerprint density at radius 3 is 2.66 bits per heavy atom. The van der Waals surface area contributed by atoms with E-state index in [-0.39, 0.29) is 6.10 Å². The van der Waals surface area contributed by atoms with Crippen LogP contribution >= 0.6 is 0 Å². The summed E-state index contributed by atoms with van der Waals surface area (Å²) in [5.41, 5.74) is 12.6. The molecule has 7 nitrogen and oxygen atoms in total. The number of fused-ring (bicyclic) bond motifs is 1. The lowest BCUT2D eigenvalue weighted by molar-refractivity contribution is 0.00671. The van der Waals surface area contributed by atoms with Crippen LogP contribution in [-0.4, -0.2) is 33.3 Å². The molecule has 1 saturated heterocycles. The maximum Gasteiger partial charge on any atom is 0.248 e. The Balaban J connectivity index is 1.63. The maximum atomic E-state index is 11.5. The van der Waals surface area contributed by atoms with E-state index in [1.54, 1.807) is 12.1 Å². The predicted molar refractivity (Wildman–Crippen MR) is 122 cm³/mol. The van der Waals surface area contributed by atoms with Gasteiger partial charge in [-0.25, -0.2) is 0 Å². The predicted octanol–water partition coefficient (Wildman–Crippen LogP) is 4.64. The Bertz CT molecular complexity index is 1260. The number of nitrogens with zero attached hydrogens (tertiary/aromatic N) is 3. The lowest BCUT2D eigenvalue weighted by Crippen LogP contribution is -2.24. The van der Waals surface area contributed by atoms with Gasteiger partial charge in [0.05, 0.1) is 22.8 Å². The van der Waals surface area contributed by atoms with Crippen molar-refractivity contribution in [2.75, 3.05) is 6.61 Å². The first-order chi connectivity index (χ1) is 15.5. The quantitative estimate of drug-likeness (QED) is 0.497. The number of hydrogen-bond donors (Lipinski definition) is 1. The van der Waals surface area contributed by atoms with Crippen molar-refractivity contribution >= 4 is 16.9 Å². The Morgan fingerprint density at radius 1 is 1.19 bits per heavy atom. The molecule has 3 aromatic heterocycles. The van der Waals surface area contributed by atoms with Crippen molar-refractivity contribution in [2.45, 2.75) is 45.8 Å². The van der Waals surface area contributed by atoms with Crippen LogP contribution in [0.1, 0.15) is 41.1 Å². The third kappa shape index (κ3) is 3.69. The van der Waals surface area contributed by atoms with Gasteiger partial charge in [-0.3, -0.25) is 9.78 Å². The van der Waals surface area contributed by atoms with Gasteiger partial charge in [-0.2, -0.15) is 0 Å². The number of amides is 1. The summed E-state index contributed by atoms with van der Waals surface area (Å²) in [5, 5.41) is 4.10. The number of ether oxygens (including phenoxy) is 1. The molecular weight excluding hydrogens is 404 g/mol. The summed E-state index contributed by atoms with van der Waals surface area (Å²) in [5.74, 6) is 0.343. The maximum absolute atomic E-state index is 11.5. The van der Waals surface area contributed by atoms with E-state index in [1.165, 1.54) is 6.42 Å². The molecule has 0 radical (unpaired) electrons. The lowest BCUT2D eigenvalue weighted by atomic mass is 10.0. The topological polar surface area (TPSA) is 96.2 Å². The van der Waals surface area contributed by atoms with Gasteiger partial charge >= 0.3 is 0 Å². The van der Waals surface area contributed by atoms with Gasteiger partial charge in [0.1, 0.15) is 5.76 Å². The van der Waals surface area contributed by atoms with Crippen LogP contribution < -0.4 is 5.73 Å². The molecule has 1 atom stereocenters. The third-order valence-corrected chi connectivity index (χ3v) is 6.19. The minimum Gasteiger partial charge on any atom is -0.376 e. The Hall–Kier alpha value is -3.45. The molecule has 0 saturated carbocycles. The zero-order chi connectivity index (χ0) is 22.2. The van der Waals surface area contributed by atoms with E-state index in [0.29, 0.717) is 5.56 Å². The molecule has 4 heterocycles. The number of hydrogen-bond acceptors (Lipinski definition) is 5. The van der Waals surface area contributed by atoms with Crippen molar-refractivity contribution in [3.8, 4) is 22.3 Å². The summed E-state index contributed by atoms with van der Waals surface area (Å²) in [6.45, 7) is 5.44. The molecule has 1 unspecified atom stereocenters. The van der Waals surface area contributed by atoms with Gasteiger partial charge in [0, 0.05) is 47.8 Å². The first kappa shape index (κ1) is 20.5. The SMILES string of the molecule is Cc1noc(C)c1-c1cnc2c(-c3ccc(C(N)=O)cc3)cn(CC3CCCCO3)c2c1. The number of carbonyl (C=O) groups excluding carboxylic acids is 1. The standard InChI is InChI=1S/C25H26N4O3/c1-15-23(16(2)32-28-15)19-11-22-24(27-12-19)21(17-6-8-18(9-7-17)25(26)30)14-29(22)13-20-5-3-4-10-31-20/h6-9,11-12,14,20H,3-5,10,13H2,1-2H3,(H2,26,30). The highest BCUT2D eigenvalue weighted by atomic mass is 16.5. The lowest BCUT2D eigenvalue weighted by Gasteiger charge is -2.23. The number of benzene rings is 1. The number of aryl methyl sites for hydroxylation is 2. The van der Waals surface area contributed by atoms with E-state index >= 15 is 0 Å². The molecule has 4 aromatic rings. The van der Waals surface area contributed by atoms with Crippen molar-refractivity contribution < 1.29 is 14.1 Å². The monoisotopic (exact) mass is 430 g/mol. The molecule has 7 heteroatoms. The van der Waals surface area contributed by atoms with Crippen LogP contribution in [0, 0.1) is 13.8 Å². The van der Waals surface area contributed by atoms with Crippen LogP contribution in [0.3, 0.4) is 0 Å². The third-order valence-electron chi connectivity index (χ3n) is 6.19. The van der Waals surface area contributed by atoms with E-state index in [4.69, 9.17) is 20.0 Å². The number of aromatic nitrogens is 3. The second-order valence-electron chi connectivity index (χ2n) is 8.42. The Labute approximate surface area is 186 Å². The van der Waals surface area contributed by atoms with Crippen molar-refractivity contribution in [3.63, 3.8) is 0 Å². The van der Waals surface area contributed by atoms with Crippen molar-refractivity contribution in [1.82, 2.24) is 14.7 Å². The summed E-state index contributed by atoms with van der Waals surface area (Å²) in [6, 6.07) is 9.49. The van der Waals surface area contributed by atoms with Crippen LogP contribution in [-0.2, 0) is 11.3 Å². The molecule has 32 heavy (non-hydrogen) atoms. The summed E-state index contributed by atoms with van der Waals surface area (Å²) in [4.78, 5) is 16.3. The highest BCUT2D eigenvalue weighted by Gasteiger charge is 2.20. The van der Waals surface area contributed by atoms with Gasteiger partial charge in [-0.15, -0.1) is 0 Å². The van der Waals surface area contributed by atoms with Crippen LogP contribution in [0.2, 0.25) is 0 Å². The minimum atomic E-state index is -0.435. The van der Waals surface area contributed by atoms with Crippen molar-refractivity contribution in [3.05, 3.63) is 59.7 Å². The van der Waals surface area contributed by atoms with Crippen LogP contribution in [0.5, 0.6) is 0 Å². The largest absolute Gasteiger partial charge is 0.376 e. The van der Waals surface area contributed by atoms with Gasteiger partial charge in [-0.1, -0.05) is 17.3 Å². The van der Waals surface area contributed by atoms with Crippen LogP contribution in [0.25, 0.3) is 33.3 Å². The fourth-order valence-corrected chi connectivity index (χ4v) is 4.55. The molecular formula is C25H26N4O3. The molecule has 164 valence electrons. The van der Waals surface area contributed by atoms with E-state index in [1.807, 2.05) is 32.2 Å². The summed E-state index contributed by atoms with van der Waals surface area (Å²) >= 11 is 0. The first-order valence-electron chi connectivity index (χ1n) is 10.9. The molecule has 1 amide bonds. The normalized spacial score (nSPS) is 16.5. The smallest absolute Gasteiger partial charge is 0.248 e. The van der Waals surface area contributed by atoms with Gasteiger partial charge < -0.3 is 19.6 Å². The van der Waals surface area contributed by atoms with Gasteiger partial charge in [0.2, 0.25) is 5.91 Å². The molecule has 1 fully saturated rings. The van der Waals surface area contributed by atoms with Gasteiger partial charge in [-0.05, 0) is 56.9 Å². The van der Waals surface area contributed by atoms with Crippen molar-refractivity contribution in [2.24, 2.45) is 5.73 Å². The van der Waals surface area contributed by atoms with E-state index < -0.39 is 5.91 Å². The van der Waals surface area contributed by atoms with E-state index in [9.17, 15) is 4.79 Å². The molecule has 1 aliphatic rings. The number of nitrogens with two attached hydrogens (primary N) is 1. The van der Waals surface area contributed by atoms with Crippen LogP contribution in [0.4, 0.5) is 0 Å². The zero-order valence-electron chi connectivity index (χ0n) is 18.3. The molecule has 0 spiro atoms. The molecule has 0 bridgehead atoms. The minimum absolute atomic E-state index is 0.187. The van der Waals surface area contributed by atoms with Gasteiger partial charge in [0.15, 0.2) is 0 Å². The van der Waals surface area contributed by atoms with Gasteiger partial charge in [0.25, 0.3) is 0 Å². The molecule has 1 aliphatic heterocycles. The first-order valence-corrected chi connectivity index (χ1v) is 10.9. The molecule has 0 aliphatic carbocycles. The zero-order valence-corrected chi connectivity index (χ0v) is 18.3. The Kier molecular flexibility index (Phi) is 5.27. The second kappa shape index (κ2) is 8.24. The fourth-order valence-electron chi connectivity index (χ4n) is 4.55. The van der Waals surface area contributed by atoms with Crippen molar-refractivity contribution in [1.29, 1.82) is 0 Å². The number of pyridine rings is 1. The second-order valence-corrected chi connectivity index (χ2v) is 8.42. The Morgan fingerprint density at radius 2 is 2.00 bits per heavy atom. The summed E-state index contributed by atoms with van der Waals surface area (Å²) < 4.78 is 13.6.